The number of amides is 1. The van der Waals surface area contributed by atoms with Crippen molar-refractivity contribution in [3.05, 3.63) is 66.9 Å². The van der Waals surface area contributed by atoms with Crippen molar-refractivity contribution in [1.29, 1.82) is 0 Å². The van der Waals surface area contributed by atoms with E-state index in [4.69, 9.17) is 4.74 Å². The third-order valence-corrected chi connectivity index (χ3v) is 4.30. The Morgan fingerprint density at radius 1 is 1.08 bits per heavy atom. The van der Waals surface area contributed by atoms with Crippen LogP contribution in [-0.4, -0.2) is 32.3 Å². The first-order chi connectivity index (χ1) is 12.7. The van der Waals surface area contributed by atoms with Gasteiger partial charge in [0.15, 0.2) is 0 Å². The third kappa shape index (κ3) is 2.79. The first kappa shape index (κ1) is 15.9. The van der Waals surface area contributed by atoms with E-state index in [9.17, 15) is 4.79 Å². The molecule has 7 nitrogen and oxygen atoms in total. The lowest BCUT2D eigenvalue weighted by atomic mass is 10.1. The van der Waals surface area contributed by atoms with E-state index in [-0.39, 0.29) is 5.91 Å². The van der Waals surface area contributed by atoms with Crippen molar-refractivity contribution in [2.24, 2.45) is 7.05 Å². The maximum absolute atomic E-state index is 12.7. The Kier molecular flexibility index (Phi) is 3.89. The lowest BCUT2D eigenvalue weighted by molar-refractivity contribution is 0.102. The van der Waals surface area contributed by atoms with Crippen molar-refractivity contribution in [3.8, 4) is 11.4 Å². The summed E-state index contributed by atoms with van der Waals surface area (Å²) in [5.41, 5.74) is 2.98. The van der Waals surface area contributed by atoms with Crippen LogP contribution in [0.25, 0.3) is 16.6 Å². The number of carbonyl (C=O) groups is 1. The summed E-state index contributed by atoms with van der Waals surface area (Å²) >= 11 is 0. The Morgan fingerprint density at radius 2 is 1.88 bits per heavy atom. The van der Waals surface area contributed by atoms with Crippen LogP contribution in [-0.2, 0) is 7.05 Å². The average Bonchev–Trinajstić information content (AvgIpc) is 3.32. The number of nitrogens with one attached hydrogen (secondary N) is 1. The van der Waals surface area contributed by atoms with Gasteiger partial charge in [-0.15, -0.1) is 10.2 Å². The molecule has 4 aromatic rings. The molecule has 0 aliphatic carbocycles. The minimum Gasteiger partial charge on any atom is -0.495 e. The molecule has 0 aliphatic heterocycles. The number of carbonyl (C=O) groups excluding carboxylic acids is 1. The summed E-state index contributed by atoms with van der Waals surface area (Å²) in [5.74, 6) is 0.377. The quantitative estimate of drug-likeness (QED) is 0.616. The number of anilines is 1. The average molecular weight is 347 g/mol. The van der Waals surface area contributed by atoms with Gasteiger partial charge in [-0.3, -0.25) is 9.36 Å². The van der Waals surface area contributed by atoms with Gasteiger partial charge in [0.05, 0.1) is 18.5 Å². The van der Waals surface area contributed by atoms with Gasteiger partial charge in [0.2, 0.25) is 0 Å². The zero-order chi connectivity index (χ0) is 18.1. The Morgan fingerprint density at radius 3 is 2.65 bits per heavy atom. The van der Waals surface area contributed by atoms with E-state index in [2.05, 4.69) is 15.5 Å². The summed E-state index contributed by atoms with van der Waals surface area (Å²) in [7, 11) is 3.52. The maximum Gasteiger partial charge on any atom is 0.255 e. The second-order valence-electron chi connectivity index (χ2n) is 5.91. The third-order valence-electron chi connectivity index (χ3n) is 4.30. The van der Waals surface area contributed by atoms with Crippen LogP contribution in [0.1, 0.15) is 10.4 Å². The molecule has 4 rings (SSSR count). The van der Waals surface area contributed by atoms with Gasteiger partial charge in [0, 0.05) is 24.3 Å². The van der Waals surface area contributed by atoms with Gasteiger partial charge in [0.1, 0.15) is 18.4 Å². The molecule has 2 heterocycles. The summed E-state index contributed by atoms with van der Waals surface area (Å²) in [5, 5.41) is 11.6. The van der Waals surface area contributed by atoms with Gasteiger partial charge in [-0.05, 0) is 41.8 Å². The Labute approximate surface area is 149 Å². The SMILES string of the molecule is COc1ccc(-n2cnnc2)cc1NC(=O)c1ccc2ccn(C)c2c1. The molecule has 26 heavy (non-hydrogen) atoms. The monoisotopic (exact) mass is 347 g/mol. The first-order valence-corrected chi connectivity index (χ1v) is 8.05. The predicted molar refractivity (Wildman–Crippen MR) is 98.8 cm³/mol. The van der Waals surface area contributed by atoms with Crippen molar-refractivity contribution < 1.29 is 9.53 Å². The second-order valence-corrected chi connectivity index (χ2v) is 5.91. The number of aromatic nitrogens is 4. The zero-order valence-electron chi connectivity index (χ0n) is 14.4. The van der Waals surface area contributed by atoms with Crippen molar-refractivity contribution in [1.82, 2.24) is 19.3 Å². The molecule has 0 atom stereocenters. The molecule has 0 saturated carbocycles. The van der Waals surface area contributed by atoms with Gasteiger partial charge in [-0.25, -0.2) is 0 Å². The predicted octanol–water partition coefficient (Wildman–Crippen LogP) is 3.02. The number of hydrogen-bond acceptors (Lipinski definition) is 4. The molecular formula is C19H17N5O2. The normalized spacial score (nSPS) is 10.8. The molecule has 0 bridgehead atoms. The van der Waals surface area contributed by atoms with Crippen LogP contribution >= 0.6 is 0 Å². The molecule has 2 aromatic heterocycles. The Bertz CT molecular complexity index is 1080. The standard InChI is InChI=1S/C19H17N5O2/c1-23-8-7-13-3-4-14(9-17(13)23)19(25)22-16-10-15(5-6-18(16)26-2)24-11-20-21-12-24/h3-12H,1-2H3,(H,22,25). The number of aryl methyl sites for hydroxylation is 1. The van der Waals surface area contributed by atoms with Crippen molar-refractivity contribution in [2.45, 2.75) is 0 Å². The van der Waals surface area contributed by atoms with Crippen LogP contribution in [0.15, 0.2) is 61.3 Å². The van der Waals surface area contributed by atoms with Gasteiger partial charge in [-0.1, -0.05) is 6.07 Å². The number of hydrogen-bond donors (Lipinski definition) is 1. The fourth-order valence-electron chi connectivity index (χ4n) is 2.89. The van der Waals surface area contributed by atoms with E-state index in [0.29, 0.717) is 17.0 Å². The lowest BCUT2D eigenvalue weighted by Gasteiger charge is -2.12. The van der Waals surface area contributed by atoms with Gasteiger partial charge in [0.25, 0.3) is 5.91 Å². The van der Waals surface area contributed by atoms with E-state index >= 15 is 0 Å². The zero-order valence-corrected chi connectivity index (χ0v) is 14.4. The highest BCUT2D eigenvalue weighted by Crippen LogP contribution is 2.28. The number of rotatable bonds is 4. The van der Waals surface area contributed by atoms with E-state index in [1.807, 2.05) is 54.2 Å². The van der Waals surface area contributed by atoms with Crippen LogP contribution in [0.2, 0.25) is 0 Å². The van der Waals surface area contributed by atoms with Gasteiger partial charge < -0.3 is 14.6 Å². The largest absolute Gasteiger partial charge is 0.495 e. The van der Waals surface area contributed by atoms with Gasteiger partial charge >= 0.3 is 0 Å². The first-order valence-electron chi connectivity index (χ1n) is 8.05. The van der Waals surface area contributed by atoms with E-state index in [1.165, 1.54) is 0 Å². The minimum atomic E-state index is -0.202. The summed E-state index contributed by atoms with van der Waals surface area (Å²) in [6, 6.07) is 13.1. The van der Waals surface area contributed by atoms with E-state index in [0.717, 1.165) is 16.6 Å². The van der Waals surface area contributed by atoms with Crippen LogP contribution in [0, 0.1) is 0 Å². The van der Waals surface area contributed by atoms with E-state index in [1.54, 1.807) is 30.4 Å². The lowest BCUT2D eigenvalue weighted by Crippen LogP contribution is -2.13. The molecule has 1 N–H and O–H groups in total. The van der Waals surface area contributed by atoms with Crippen LogP contribution in [0.5, 0.6) is 5.75 Å². The summed E-state index contributed by atoms with van der Waals surface area (Å²) in [6.07, 6.45) is 5.16. The molecule has 130 valence electrons. The van der Waals surface area contributed by atoms with Crippen molar-refractivity contribution >= 4 is 22.5 Å². The summed E-state index contributed by atoms with van der Waals surface area (Å²) in [4.78, 5) is 12.7. The van der Waals surface area contributed by atoms with Crippen molar-refractivity contribution in [3.63, 3.8) is 0 Å². The molecule has 2 aromatic carbocycles. The molecule has 0 aliphatic rings. The molecule has 0 radical (unpaired) electrons. The molecule has 1 amide bonds. The fourth-order valence-corrected chi connectivity index (χ4v) is 2.89. The molecular weight excluding hydrogens is 330 g/mol. The molecule has 0 unspecified atom stereocenters. The smallest absolute Gasteiger partial charge is 0.255 e. The summed E-state index contributed by atoms with van der Waals surface area (Å²) in [6.45, 7) is 0. The minimum absolute atomic E-state index is 0.202. The highest BCUT2D eigenvalue weighted by molar-refractivity contribution is 6.07. The van der Waals surface area contributed by atoms with Crippen LogP contribution in [0.4, 0.5) is 5.69 Å². The topological polar surface area (TPSA) is 74.0 Å². The summed E-state index contributed by atoms with van der Waals surface area (Å²) < 4.78 is 9.11. The number of fused-ring (bicyclic) bond motifs is 1. The fraction of sp³-hybridized carbons (Fsp3) is 0.105. The molecule has 0 fully saturated rings. The van der Waals surface area contributed by atoms with E-state index < -0.39 is 0 Å². The highest BCUT2D eigenvalue weighted by Gasteiger charge is 2.12. The maximum atomic E-state index is 12.7. The Balaban J connectivity index is 1.67. The van der Waals surface area contributed by atoms with Crippen molar-refractivity contribution in [2.75, 3.05) is 12.4 Å². The van der Waals surface area contributed by atoms with Crippen LogP contribution < -0.4 is 10.1 Å². The number of benzene rings is 2. The van der Waals surface area contributed by atoms with Crippen LogP contribution in [0.3, 0.4) is 0 Å². The number of nitrogens with zero attached hydrogens (tertiary/aromatic N) is 4. The van der Waals surface area contributed by atoms with Gasteiger partial charge in [-0.2, -0.15) is 0 Å². The second kappa shape index (κ2) is 6.36. The molecule has 0 saturated heterocycles. The molecule has 7 heteroatoms. The highest BCUT2D eigenvalue weighted by atomic mass is 16.5. The Hall–Kier alpha value is -3.61. The number of methoxy groups -OCH3 is 1. The molecule has 0 spiro atoms. The number of ether oxygens (including phenoxy) is 1.